The zero-order valence-electron chi connectivity index (χ0n) is 6.70. The minimum Gasteiger partial charge on any atom is -0.432 e. The molecule has 1 aromatic heterocycles. The summed E-state index contributed by atoms with van der Waals surface area (Å²) < 4.78 is 5.06. The van der Waals surface area contributed by atoms with E-state index in [0.29, 0.717) is 0 Å². The van der Waals surface area contributed by atoms with Crippen LogP contribution in [0, 0.1) is 6.39 Å². The van der Waals surface area contributed by atoms with E-state index in [2.05, 4.69) is 18.3 Å². The summed E-state index contributed by atoms with van der Waals surface area (Å²) in [6, 6.07) is 5.99. The first kappa shape index (κ1) is 7.68. The van der Waals surface area contributed by atoms with E-state index in [1.54, 1.807) is 11.8 Å². The highest BCUT2D eigenvalue weighted by molar-refractivity contribution is 7.99. The summed E-state index contributed by atoms with van der Waals surface area (Å²) in [5, 5.41) is 0. The van der Waals surface area contributed by atoms with Crippen molar-refractivity contribution in [3.05, 3.63) is 24.6 Å². The smallest absolute Gasteiger partial charge is 0.284 e. The van der Waals surface area contributed by atoms with Gasteiger partial charge in [-0.15, -0.1) is 11.8 Å². The fourth-order valence-corrected chi connectivity index (χ4v) is 1.73. The Morgan fingerprint density at radius 2 is 2.50 bits per heavy atom. The van der Waals surface area contributed by atoms with E-state index in [4.69, 9.17) is 4.42 Å². The summed E-state index contributed by atoms with van der Waals surface area (Å²) in [6.45, 7) is 2.13. The first-order valence-electron chi connectivity index (χ1n) is 3.79. The maximum absolute atomic E-state index is 5.06. The molecule has 0 N–H and O–H groups in total. The van der Waals surface area contributed by atoms with Crippen molar-refractivity contribution in [3.8, 4) is 0 Å². The van der Waals surface area contributed by atoms with Crippen LogP contribution in [-0.4, -0.2) is 10.7 Å². The molecule has 1 heterocycles. The summed E-state index contributed by atoms with van der Waals surface area (Å²) in [7, 11) is 0. The Kier molecular flexibility index (Phi) is 2.04. The lowest BCUT2D eigenvalue weighted by atomic mass is 10.3. The third kappa shape index (κ3) is 1.32. The van der Waals surface area contributed by atoms with Crippen LogP contribution in [-0.2, 0) is 0 Å². The lowest BCUT2D eigenvalue weighted by Crippen LogP contribution is -1.72. The van der Waals surface area contributed by atoms with E-state index in [0.717, 1.165) is 16.9 Å². The van der Waals surface area contributed by atoms with E-state index in [9.17, 15) is 0 Å². The summed E-state index contributed by atoms with van der Waals surface area (Å²) in [4.78, 5) is 5.14. The van der Waals surface area contributed by atoms with Crippen LogP contribution in [0.25, 0.3) is 11.1 Å². The molecular weight excluding hydrogens is 170 g/mol. The minimum absolute atomic E-state index is 0.813. The van der Waals surface area contributed by atoms with Crippen LogP contribution in [0.4, 0.5) is 0 Å². The molecule has 0 bridgehead atoms. The quantitative estimate of drug-likeness (QED) is 0.661. The largest absolute Gasteiger partial charge is 0.432 e. The maximum atomic E-state index is 5.06. The number of rotatable bonds is 2. The lowest BCUT2D eigenvalue weighted by molar-refractivity contribution is 0.590. The number of hydrogen-bond donors (Lipinski definition) is 0. The predicted octanol–water partition coefficient (Wildman–Crippen LogP) is 2.74. The molecule has 0 aliphatic heterocycles. The number of benzene rings is 1. The van der Waals surface area contributed by atoms with Gasteiger partial charge in [0.1, 0.15) is 5.52 Å². The molecule has 1 radical (unpaired) electrons. The summed E-state index contributed by atoms with van der Waals surface area (Å²) in [5.41, 5.74) is 1.68. The van der Waals surface area contributed by atoms with Gasteiger partial charge < -0.3 is 4.42 Å². The van der Waals surface area contributed by atoms with Crippen LogP contribution in [0.1, 0.15) is 6.92 Å². The van der Waals surface area contributed by atoms with Crippen LogP contribution in [0.5, 0.6) is 0 Å². The Hall–Kier alpha value is -0.960. The van der Waals surface area contributed by atoms with Crippen LogP contribution >= 0.6 is 11.8 Å². The molecule has 0 unspecified atom stereocenters. The van der Waals surface area contributed by atoms with Gasteiger partial charge in [-0.2, -0.15) is 0 Å². The Labute approximate surface area is 75.0 Å². The zero-order valence-corrected chi connectivity index (χ0v) is 7.52. The van der Waals surface area contributed by atoms with E-state index < -0.39 is 0 Å². The Morgan fingerprint density at radius 1 is 1.58 bits per heavy atom. The lowest BCUT2D eigenvalue weighted by Gasteiger charge is -1.95. The molecule has 0 atom stereocenters. The van der Waals surface area contributed by atoms with Crippen molar-refractivity contribution in [3.63, 3.8) is 0 Å². The molecule has 0 saturated carbocycles. The van der Waals surface area contributed by atoms with Gasteiger partial charge in [0.25, 0.3) is 6.39 Å². The Balaban J connectivity index is 2.46. The van der Waals surface area contributed by atoms with Crippen molar-refractivity contribution < 1.29 is 4.42 Å². The number of aromatic nitrogens is 1. The third-order valence-electron chi connectivity index (χ3n) is 1.56. The highest BCUT2D eigenvalue weighted by Gasteiger charge is 1.99. The average molecular weight is 178 g/mol. The molecule has 61 valence electrons. The molecule has 0 amide bonds. The summed E-state index contributed by atoms with van der Waals surface area (Å²) >= 11 is 1.79. The molecular formula is C9H8NOS. The van der Waals surface area contributed by atoms with Gasteiger partial charge in [0.2, 0.25) is 0 Å². The van der Waals surface area contributed by atoms with E-state index in [-0.39, 0.29) is 0 Å². The second-order valence-corrected chi connectivity index (χ2v) is 3.71. The molecule has 0 saturated heterocycles. The van der Waals surface area contributed by atoms with E-state index in [1.807, 2.05) is 18.2 Å². The summed E-state index contributed by atoms with van der Waals surface area (Å²) in [6.07, 6.45) is 2.47. The molecule has 3 heteroatoms. The van der Waals surface area contributed by atoms with E-state index in [1.165, 1.54) is 4.90 Å². The van der Waals surface area contributed by atoms with Crippen molar-refractivity contribution in [1.29, 1.82) is 0 Å². The number of oxazole rings is 1. The fraction of sp³-hybridized carbons (Fsp3) is 0.222. The van der Waals surface area contributed by atoms with Crippen LogP contribution < -0.4 is 0 Å². The standard InChI is InChI=1S/C9H8NOS/c1-2-12-7-3-4-8-9(5-7)11-6-10-8/h3-5H,2H2,1H3. The minimum atomic E-state index is 0.813. The molecule has 0 aliphatic rings. The molecule has 2 nitrogen and oxygen atoms in total. The maximum Gasteiger partial charge on any atom is 0.284 e. The van der Waals surface area contributed by atoms with Gasteiger partial charge in [-0.05, 0) is 24.0 Å². The molecule has 0 spiro atoms. The van der Waals surface area contributed by atoms with Gasteiger partial charge in [-0.3, -0.25) is 0 Å². The van der Waals surface area contributed by atoms with Crippen LogP contribution in [0.2, 0.25) is 0 Å². The van der Waals surface area contributed by atoms with Crippen LogP contribution in [0.15, 0.2) is 27.5 Å². The number of hydrogen-bond acceptors (Lipinski definition) is 3. The second kappa shape index (κ2) is 3.19. The van der Waals surface area contributed by atoms with Crippen molar-refractivity contribution in [2.45, 2.75) is 11.8 Å². The van der Waals surface area contributed by atoms with Crippen LogP contribution in [0.3, 0.4) is 0 Å². The molecule has 0 fully saturated rings. The third-order valence-corrected chi connectivity index (χ3v) is 2.44. The van der Waals surface area contributed by atoms with Crippen molar-refractivity contribution in [2.24, 2.45) is 0 Å². The molecule has 2 rings (SSSR count). The Morgan fingerprint density at radius 3 is 3.33 bits per heavy atom. The van der Waals surface area contributed by atoms with Gasteiger partial charge in [0.15, 0.2) is 5.58 Å². The normalized spacial score (nSPS) is 10.8. The monoisotopic (exact) mass is 178 g/mol. The first-order chi connectivity index (χ1) is 5.90. The number of thioether (sulfide) groups is 1. The fourth-order valence-electron chi connectivity index (χ4n) is 1.05. The van der Waals surface area contributed by atoms with Gasteiger partial charge in [0.05, 0.1) is 0 Å². The van der Waals surface area contributed by atoms with Gasteiger partial charge in [0, 0.05) is 4.90 Å². The van der Waals surface area contributed by atoms with Crippen molar-refractivity contribution in [1.82, 2.24) is 4.98 Å². The molecule has 12 heavy (non-hydrogen) atoms. The predicted molar refractivity (Wildman–Crippen MR) is 49.2 cm³/mol. The average Bonchev–Trinajstić information content (AvgIpc) is 2.51. The van der Waals surface area contributed by atoms with Gasteiger partial charge >= 0.3 is 0 Å². The number of nitrogens with zero attached hydrogens (tertiary/aromatic N) is 1. The molecule has 2 aromatic rings. The molecule has 1 aromatic carbocycles. The molecule has 0 aliphatic carbocycles. The first-order valence-corrected chi connectivity index (χ1v) is 4.78. The highest BCUT2D eigenvalue weighted by Crippen LogP contribution is 2.22. The van der Waals surface area contributed by atoms with Crippen molar-refractivity contribution in [2.75, 3.05) is 5.75 Å². The Bertz CT molecular complexity index is 383. The SMILES string of the molecule is CCSc1ccc2n[c]oc2c1. The second-order valence-electron chi connectivity index (χ2n) is 2.37. The van der Waals surface area contributed by atoms with E-state index >= 15 is 0 Å². The van der Waals surface area contributed by atoms with Crippen molar-refractivity contribution >= 4 is 22.9 Å². The van der Waals surface area contributed by atoms with Gasteiger partial charge in [-0.1, -0.05) is 6.92 Å². The van der Waals surface area contributed by atoms with Gasteiger partial charge in [-0.25, -0.2) is 4.98 Å². The zero-order chi connectivity index (χ0) is 8.39. The topological polar surface area (TPSA) is 26.0 Å². The highest BCUT2D eigenvalue weighted by atomic mass is 32.2. The summed E-state index contributed by atoms with van der Waals surface area (Å²) in [5.74, 6) is 1.07. The number of fused-ring (bicyclic) bond motifs is 1.